The second-order valence-electron chi connectivity index (χ2n) is 2.67. The summed E-state index contributed by atoms with van der Waals surface area (Å²) in [6.45, 7) is 1.12. The van der Waals surface area contributed by atoms with Crippen molar-refractivity contribution in [2.75, 3.05) is 13.7 Å². The molecule has 0 saturated carbocycles. The molecule has 0 aromatic heterocycles. The van der Waals surface area contributed by atoms with Crippen LogP contribution < -0.4 is 0 Å². The van der Waals surface area contributed by atoms with Crippen LogP contribution in [-0.2, 0) is 19.1 Å². The van der Waals surface area contributed by atoms with Crippen LogP contribution in [0.3, 0.4) is 0 Å². The predicted molar refractivity (Wildman–Crippen MR) is 45.3 cm³/mol. The fraction of sp³-hybridized carbons (Fsp3) is 0.750. The predicted octanol–water partition coefficient (Wildman–Crippen LogP) is -1.17. The number of aliphatic hydroxyl groups is 2. The Morgan fingerprint density at radius 1 is 1.29 bits per heavy atom. The van der Waals surface area contributed by atoms with Gasteiger partial charge in [-0.1, -0.05) is 0 Å². The van der Waals surface area contributed by atoms with Crippen LogP contribution in [0.2, 0.25) is 0 Å². The molecular weight excluding hydrogens is 192 g/mol. The van der Waals surface area contributed by atoms with E-state index in [1.165, 1.54) is 6.92 Å². The number of carbonyl (C=O) groups is 2. The first-order valence-electron chi connectivity index (χ1n) is 4.09. The van der Waals surface area contributed by atoms with Gasteiger partial charge in [0.15, 0.2) is 6.10 Å². The zero-order valence-corrected chi connectivity index (χ0v) is 8.10. The van der Waals surface area contributed by atoms with Gasteiger partial charge in [0.05, 0.1) is 13.7 Å². The summed E-state index contributed by atoms with van der Waals surface area (Å²) in [7, 11) is 1.15. The zero-order chi connectivity index (χ0) is 11.1. The van der Waals surface area contributed by atoms with E-state index < -0.39 is 24.1 Å². The van der Waals surface area contributed by atoms with Gasteiger partial charge in [-0.05, 0) is 6.92 Å². The highest BCUT2D eigenvalue weighted by atomic mass is 16.6. The SMILES string of the molecule is COC(=O)[C@H](O)CCOC(=O)[C@@H](C)O. The molecule has 82 valence electrons. The van der Waals surface area contributed by atoms with E-state index in [1.807, 2.05) is 0 Å². The van der Waals surface area contributed by atoms with Crippen LogP contribution >= 0.6 is 0 Å². The first-order valence-corrected chi connectivity index (χ1v) is 4.09. The molecule has 0 aliphatic heterocycles. The van der Waals surface area contributed by atoms with E-state index in [2.05, 4.69) is 9.47 Å². The quantitative estimate of drug-likeness (QED) is 0.551. The molecule has 0 bridgehead atoms. The minimum absolute atomic E-state index is 0.0505. The third-order valence-corrected chi connectivity index (χ3v) is 1.45. The minimum Gasteiger partial charge on any atom is -0.467 e. The van der Waals surface area contributed by atoms with Crippen LogP contribution in [0.4, 0.5) is 0 Å². The lowest BCUT2D eigenvalue weighted by Crippen LogP contribution is -2.26. The Labute approximate surface area is 81.4 Å². The van der Waals surface area contributed by atoms with Crippen LogP contribution in [0.5, 0.6) is 0 Å². The number of hydrogen-bond acceptors (Lipinski definition) is 6. The van der Waals surface area contributed by atoms with Crippen molar-refractivity contribution < 1.29 is 29.3 Å². The molecule has 6 heteroatoms. The highest BCUT2D eigenvalue weighted by molar-refractivity contribution is 5.75. The van der Waals surface area contributed by atoms with E-state index in [0.29, 0.717) is 0 Å². The van der Waals surface area contributed by atoms with Crippen LogP contribution in [0.15, 0.2) is 0 Å². The average molecular weight is 206 g/mol. The molecule has 0 aromatic rings. The van der Waals surface area contributed by atoms with Crippen molar-refractivity contribution in [3.63, 3.8) is 0 Å². The maximum Gasteiger partial charge on any atom is 0.334 e. The normalized spacial score (nSPS) is 14.3. The number of carbonyl (C=O) groups excluding carboxylic acids is 2. The molecular formula is C8H14O6. The summed E-state index contributed by atoms with van der Waals surface area (Å²) in [6.07, 6.45) is -2.56. The Morgan fingerprint density at radius 3 is 2.29 bits per heavy atom. The highest BCUT2D eigenvalue weighted by Gasteiger charge is 2.16. The van der Waals surface area contributed by atoms with Gasteiger partial charge in [-0.3, -0.25) is 0 Å². The second kappa shape index (κ2) is 6.33. The Balaban J connectivity index is 3.64. The maximum absolute atomic E-state index is 10.7. The summed E-state index contributed by atoms with van der Waals surface area (Å²) in [4.78, 5) is 21.4. The van der Waals surface area contributed by atoms with Gasteiger partial charge in [0.25, 0.3) is 0 Å². The molecule has 0 heterocycles. The molecule has 0 rings (SSSR count). The molecule has 0 spiro atoms. The molecule has 14 heavy (non-hydrogen) atoms. The summed E-state index contributed by atoms with van der Waals surface area (Å²) < 4.78 is 8.75. The average Bonchev–Trinajstić information content (AvgIpc) is 2.15. The second-order valence-corrected chi connectivity index (χ2v) is 2.67. The topological polar surface area (TPSA) is 93.1 Å². The van der Waals surface area contributed by atoms with Crippen LogP contribution in [0.1, 0.15) is 13.3 Å². The zero-order valence-electron chi connectivity index (χ0n) is 8.10. The lowest BCUT2D eigenvalue weighted by molar-refractivity contribution is -0.157. The molecule has 0 radical (unpaired) electrons. The number of hydrogen-bond donors (Lipinski definition) is 2. The van der Waals surface area contributed by atoms with Crippen molar-refractivity contribution >= 4 is 11.9 Å². The van der Waals surface area contributed by atoms with Gasteiger partial charge in [0.1, 0.15) is 6.10 Å². The fourth-order valence-electron chi connectivity index (χ4n) is 0.646. The number of aliphatic hydroxyl groups excluding tert-OH is 2. The smallest absolute Gasteiger partial charge is 0.334 e. The molecule has 2 N–H and O–H groups in total. The number of methoxy groups -OCH3 is 1. The van der Waals surface area contributed by atoms with E-state index in [-0.39, 0.29) is 13.0 Å². The molecule has 0 fully saturated rings. The molecule has 0 unspecified atom stereocenters. The molecule has 0 amide bonds. The maximum atomic E-state index is 10.7. The van der Waals surface area contributed by atoms with E-state index >= 15 is 0 Å². The molecule has 0 aromatic carbocycles. The Bertz CT molecular complexity index is 200. The van der Waals surface area contributed by atoms with E-state index in [9.17, 15) is 9.59 Å². The standard InChI is InChI=1S/C8H14O6/c1-5(9)7(11)14-4-3-6(10)8(12)13-2/h5-6,9-10H,3-4H2,1-2H3/t5-,6-/m1/s1. The first kappa shape index (κ1) is 12.9. The highest BCUT2D eigenvalue weighted by Crippen LogP contribution is 1.96. The summed E-state index contributed by atoms with van der Waals surface area (Å²) in [5.74, 6) is -1.57. The van der Waals surface area contributed by atoms with Crippen molar-refractivity contribution in [3.05, 3.63) is 0 Å². The Hall–Kier alpha value is -1.14. The fourth-order valence-corrected chi connectivity index (χ4v) is 0.646. The van der Waals surface area contributed by atoms with E-state index in [4.69, 9.17) is 10.2 Å². The summed E-state index contributed by atoms with van der Waals surface area (Å²) in [5, 5.41) is 17.8. The van der Waals surface area contributed by atoms with Gasteiger partial charge < -0.3 is 19.7 Å². The number of esters is 2. The molecule has 2 atom stereocenters. The first-order chi connectivity index (χ1) is 6.49. The summed E-state index contributed by atoms with van der Waals surface area (Å²) in [6, 6.07) is 0. The van der Waals surface area contributed by atoms with Gasteiger partial charge in [0.2, 0.25) is 0 Å². The Morgan fingerprint density at radius 2 is 1.86 bits per heavy atom. The van der Waals surface area contributed by atoms with Crippen molar-refractivity contribution in [1.29, 1.82) is 0 Å². The van der Waals surface area contributed by atoms with Gasteiger partial charge in [-0.25, -0.2) is 9.59 Å². The third kappa shape index (κ3) is 4.78. The van der Waals surface area contributed by atoms with Crippen LogP contribution in [0, 0.1) is 0 Å². The van der Waals surface area contributed by atoms with Gasteiger partial charge in [-0.2, -0.15) is 0 Å². The van der Waals surface area contributed by atoms with Crippen molar-refractivity contribution in [2.24, 2.45) is 0 Å². The number of ether oxygens (including phenoxy) is 2. The van der Waals surface area contributed by atoms with Crippen LogP contribution in [0.25, 0.3) is 0 Å². The largest absolute Gasteiger partial charge is 0.467 e. The molecule has 0 aliphatic rings. The molecule has 0 aliphatic carbocycles. The minimum atomic E-state index is -1.30. The molecule has 0 saturated heterocycles. The Kier molecular flexibility index (Phi) is 5.82. The van der Waals surface area contributed by atoms with Crippen LogP contribution in [-0.4, -0.2) is 48.1 Å². The van der Waals surface area contributed by atoms with Crippen molar-refractivity contribution in [3.8, 4) is 0 Å². The van der Waals surface area contributed by atoms with E-state index in [0.717, 1.165) is 7.11 Å². The van der Waals surface area contributed by atoms with Crippen molar-refractivity contribution in [2.45, 2.75) is 25.6 Å². The van der Waals surface area contributed by atoms with Gasteiger partial charge in [0, 0.05) is 6.42 Å². The number of rotatable bonds is 5. The van der Waals surface area contributed by atoms with Gasteiger partial charge in [-0.15, -0.1) is 0 Å². The van der Waals surface area contributed by atoms with Gasteiger partial charge >= 0.3 is 11.9 Å². The summed E-state index contributed by atoms with van der Waals surface area (Å²) >= 11 is 0. The molecule has 6 nitrogen and oxygen atoms in total. The lowest BCUT2D eigenvalue weighted by atomic mass is 10.3. The monoisotopic (exact) mass is 206 g/mol. The van der Waals surface area contributed by atoms with E-state index in [1.54, 1.807) is 0 Å². The third-order valence-electron chi connectivity index (χ3n) is 1.45. The lowest BCUT2D eigenvalue weighted by Gasteiger charge is -2.09. The van der Waals surface area contributed by atoms with Crippen molar-refractivity contribution in [1.82, 2.24) is 0 Å². The summed E-state index contributed by atoms with van der Waals surface area (Å²) in [5.41, 5.74) is 0.